The van der Waals surface area contributed by atoms with Gasteiger partial charge in [-0.3, -0.25) is 4.79 Å². The highest BCUT2D eigenvalue weighted by Crippen LogP contribution is 2.34. The van der Waals surface area contributed by atoms with Gasteiger partial charge in [-0.25, -0.2) is 0 Å². The first-order chi connectivity index (χ1) is 7.17. The second kappa shape index (κ2) is 4.42. The molecular formula is C11H18BrNO2. The maximum atomic E-state index is 11.8. The van der Waals surface area contributed by atoms with Crippen LogP contribution in [-0.4, -0.2) is 41.4 Å². The lowest BCUT2D eigenvalue weighted by Gasteiger charge is -2.32. The van der Waals surface area contributed by atoms with Crippen molar-refractivity contribution in [2.45, 2.75) is 42.5 Å². The normalized spacial score (nSPS) is 30.1. The number of methoxy groups -OCH3 is 1. The zero-order valence-electron chi connectivity index (χ0n) is 9.17. The molecule has 1 saturated heterocycles. The van der Waals surface area contributed by atoms with Gasteiger partial charge in [-0.15, -0.1) is 0 Å². The van der Waals surface area contributed by atoms with Gasteiger partial charge in [0.1, 0.15) is 0 Å². The van der Waals surface area contributed by atoms with Crippen molar-refractivity contribution in [1.29, 1.82) is 0 Å². The molecule has 0 aromatic carbocycles. The van der Waals surface area contributed by atoms with E-state index in [0.29, 0.717) is 0 Å². The van der Waals surface area contributed by atoms with E-state index in [9.17, 15) is 4.79 Å². The molecule has 0 aromatic rings. The van der Waals surface area contributed by atoms with Crippen LogP contribution >= 0.6 is 15.9 Å². The number of ether oxygens (including phenoxy) is 1. The molecular weight excluding hydrogens is 258 g/mol. The highest BCUT2D eigenvalue weighted by atomic mass is 79.9. The van der Waals surface area contributed by atoms with Crippen LogP contribution in [0.15, 0.2) is 0 Å². The van der Waals surface area contributed by atoms with Crippen molar-refractivity contribution < 1.29 is 9.53 Å². The van der Waals surface area contributed by atoms with Crippen molar-refractivity contribution in [3.63, 3.8) is 0 Å². The number of amides is 1. The summed E-state index contributed by atoms with van der Waals surface area (Å²) < 4.78 is 5.64. The van der Waals surface area contributed by atoms with E-state index in [1.807, 2.05) is 4.90 Å². The summed E-state index contributed by atoms with van der Waals surface area (Å²) in [4.78, 5) is 13.8. The fraction of sp³-hybridized carbons (Fsp3) is 0.909. The van der Waals surface area contributed by atoms with Crippen LogP contribution in [0.5, 0.6) is 0 Å². The van der Waals surface area contributed by atoms with E-state index in [0.717, 1.165) is 32.4 Å². The average molecular weight is 276 g/mol. The van der Waals surface area contributed by atoms with Crippen LogP contribution in [0, 0.1) is 0 Å². The van der Waals surface area contributed by atoms with Crippen molar-refractivity contribution in [2.24, 2.45) is 0 Å². The Morgan fingerprint density at radius 2 is 2.20 bits per heavy atom. The van der Waals surface area contributed by atoms with Crippen molar-refractivity contribution in [2.75, 3.05) is 20.2 Å². The molecule has 86 valence electrons. The number of halogens is 1. The molecule has 1 atom stereocenters. The smallest absolute Gasteiger partial charge is 0.236 e. The second-order valence-corrected chi connectivity index (χ2v) is 5.72. The number of alkyl halides is 1. The number of likely N-dealkylation sites (tertiary alicyclic amines) is 1. The quantitative estimate of drug-likeness (QED) is 0.737. The fourth-order valence-electron chi connectivity index (χ4n) is 2.65. The van der Waals surface area contributed by atoms with Crippen LogP contribution in [0.4, 0.5) is 0 Å². The van der Waals surface area contributed by atoms with E-state index in [1.165, 1.54) is 12.8 Å². The van der Waals surface area contributed by atoms with Crippen molar-refractivity contribution in [1.82, 2.24) is 4.90 Å². The first-order valence-electron chi connectivity index (χ1n) is 5.65. The lowest BCUT2D eigenvalue weighted by atomic mass is 10.0. The molecule has 2 aliphatic rings. The third-order valence-corrected chi connectivity index (χ3v) is 4.51. The maximum Gasteiger partial charge on any atom is 0.236 e. The van der Waals surface area contributed by atoms with E-state index < -0.39 is 0 Å². The molecule has 1 heterocycles. The summed E-state index contributed by atoms with van der Waals surface area (Å²) in [5, 5.41) is 0. The lowest BCUT2D eigenvalue weighted by molar-refractivity contribution is -0.131. The Morgan fingerprint density at radius 3 is 2.67 bits per heavy atom. The van der Waals surface area contributed by atoms with Crippen molar-refractivity contribution in [3.05, 3.63) is 0 Å². The Kier molecular flexibility index (Phi) is 3.36. The van der Waals surface area contributed by atoms with Crippen LogP contribution in [0.25, 0.3) is 0 Å². The minimum atomic E-state index is -0.0489. The Bertz CT molecular complexity index is 251. The zero-order valence-corrected chi connectivity index (χ0v) is 10.8. The van der Waals surface area contributed by atoms with E-state index in [2.05, 4.69) is 15.9 Å². The minimum absolute atomic E-state index is 0.0350. The summed E-state index contributed by atoms with van der Waals surface area (Å²) in [5.41, 5.74) is -0.0489. The predicted molar refractivity (Wildman–Crippen MR) is 62.1 cm³/mol. The Labute approximate surface area is 99.3 Å². The summed E-state index contributed by atoms with van der Waals surface area (Å²) in [6.45, 7) is 1.66. The Morgan fingerprint density at radius 1 is 1.53 bits per heavy atom. The summed E-state index contributed by atoms with van der Waals surface area (Å²) >= 11 is 3.40. The van der Waals surface area contributed by atoms with Crippen LogP contribution in [-0.2, 0) is 9.53 Å². The van der Waals surface area contributed by atoms with Crippen LogP contribution in [0.2, 0.25) is 0 Å². The monoisotopic (exact) mass is 275 g/mol. The lowest BCUT2D eigenvalue weighted by Crippen LogP contribution is -2.43. The summed E-state index contributed by atoms with van der Waals surface area (Å²) in [6, 6.07) is 0. The van der Waals surface area contributed by atoms with Crippen molar-refractivity contribution in [3.8, 4) is 0 Å². The number of carbonyl (C=O) groups excluding carboxylic acids is 1. The standard InChI is InChI=1S/C11H18BrNO2/c1-15-11(5-2-3-6-11)8-13-7-4-9(12)10(13)14/h9H,2-8H2,1H3. The van der Waals surface area contributed by atoms with Gasteiger partial charge in [0, 0.05) is 20.2 Å². The van der Waals surface area contributed by atoms with Gasteiger partial charge >= 0.3 is 0 Å². The summed E-state index contributed by atoms with van der Waals surface area (Å²) in [5.74, 6) is 0.235. The molecule has 2 fully saturated rings. The van der Waals surface area contributed by atoms with Crippen LogP contribution < -0.4 is 0 Å². The molecule has 1 aliphatic carbocycles. The highest BCUT2D eigenvalue weighted by Gasteiger charge is 2.39. The third-order valence-electron chi connectivity index (χ3n) is 3.66. The summed E-state index contributed by atoms with van der Waals surface area (Å²) in [7, 11) is 1.78. The Hall–Kier alpha value is -0.0900. The predicted octanol–water partition coefficient (Wildman–Crippen LogP) is 1.94. The molecule has 0 radical (unpaired) electrons. The third kappa shape index (κ3) is 2.21. The molecule has 4 heteroatoms. The van der Waals surface area contributed by atoms with E-state index in [1.54, 1.807) is 7.11 Å². The first-order valence-corrected chi connectivity index (χ1v) is 6.56. The van der Waals surface area contributed by atoms with Gasteiger partial charge in [-0.05, 0) is 19.3 Å². The molecule has 0 aromatic heterocycles. The van der Waals surface area contributed by atoms with Gasteiger partial charge in [-0.1, -0.05) is 28.8 Å². The molecule has 15 heavy (non-hydrogen) atoms. The van der Waals surface area contributed by atoms with Gasteiger partial charge in [0.15, 0.2) is 0 Å². The second-order valence-electron chi connectivity index (χ2n) is 4.61. The van der Waals surface area contributed by atoms with Gasteiger partial charge < -0.3 is 9.64 Å². The molecule has 0 N–H and O–H groups in total. The average Bonchev–Trinajstić information content (AvgIpc) is 2.82. The van der Waals surface area contributed by atoms with E-state index in [-0.39, 0.29) is 16.3 Å². The van der Waals surface area contributed by atoms with E-state index >= 15 is 0 Å². The van der Waals surface area contributed by atoms with Gasteiger partial charge in [0.2, 0.25) is 5.91 Å². The van der Waals surface area contributed by atoms with Gasteiger partial charge in [0.05, 0.1) is 10.4 Å². The number of hydrogen-bond acceptors (Lipinski definition) is 2. The molecule has 0 bridgehead atoms. The SMILES string of the molecule is COC1(CN2CCC(Br)C2=O)CCCC1. The molecule has 0 spiro atoms. The molecule has 2 rings (SSSR count). The number of nitrogens with zero attached hydrogens (tertiary/aromatic N) is 1. The topological polar surface area (TPSA) is 29.5 Å². The molecule has 3 nitrogen and oxygen atoms in total. The fourth-order valence-corrected chi connectivity index (χ4v) is 3.15. The van der Waals surface area contributed by atoms with Gasteiger partial charge in [-0.2, -0.15) is 0 Å². The molecule has 1 amide bonds. The first kappa shape index (κ1) is 11.4. The maximum absolute atomic E-state index is 11.8. The molecule has 1 saturated carbocycles. The van der Waals surface area contributed by atoms with Gasteiger partial charge in [0.25, 0.3) is 0 Å². The highest BCUT2D eigenvalue weighted by molar-refractivity contribution is 9.10. The Balaban J connectivity index is 1.98. The van der Waals surface area contributed by atoms with Crippen LogP contribution in [0.3, 0.4) is 0 Å². The summed E-state index contributed by atoms with van der Waals surface area (Å²) in [6.07, 6.45) is 5.58. The number of carbonyl (C=O) groups is 1. The number of rotatable bonds is 3. The van der Waals surface area contributed by atoms with Crippen LogP contribution in [0.1, 0.15) is 32.1 Å². The van der Waals surface area contributed by atoms with E-state index in [4.69, 9.17) is 4.74 Å². The largest absolute Gasteiger partial charge is 0.376 e. The minimum Gasteiger partial charge on any atom is -0.376 e. The molecule has 1 unspecified atom stereocenters. The van der Waals surface area contributed by atoms with Crippen molar-refractivity contribution >= 4 is 21.8 Å². The number of hydrogen-bond donors (Lipinski definition) is 0. The zero-order chi connectivity index (χ0) is 10.9. The molecule has 1 aliphatic heterocycles.